The van der Waals surface area contributed by atoms with Crippen LogP contribution in [0.3, 0.4) is 0 Å². The summed E-state index contributed by atoms with van der Waals surface area (Å²) in [6.45, 7) is 5.44. The Morgan fingerprint density at radius 2 is 1.97 bits per heavy atom. The minimum atomic E-state index is 0.392. The number of fused-ring (bicyclic) bond motifs is 2. The van der Waals surface area contributed by atoms with Gasteiger partial charge < -0.3 is 19.5 Å². The van der Waals surface area contributed by atoms with E-state index in [1.165, 1.54) is 19.3 Å². The van der Waals surface area contributed by atoms with Gasteiger partial charge >= 0.3 is 0 Å². The Labute approximate surface area is 212 Å². The summed E-state index contributed by atoms with van der Waals surface area (Å²) in [5.41, 5.74) is 4.37. The molecule has 2 N–H and O–H groups in total. The average molecular weight is 489 g/mol. The second-order valence-electron chi connectivity index (χ2n) is 9.78. The van der Waals surface area contributed by atoms with Crippen molar-refractivity contribution in [3.8, 4) is 0 Å². The van der Waals surface area contributed by atoms with Gasteiger partial charge in [0.1, 0.15) is 18.1 Å². The Bertz CT molecular complexity index is 1290. The molecule has 0 aromatic carbocycles. The number of anilines is 1. The highest BCUT2D eigenvalue weighted by Crippen LogP contribution is 2.33. The van der Waals surface area contributed by atoms with E-state index in [2.05, 4.69) is 15.1 Å². The Morgan fingerprint density at radius 3 is 2.78 bits per heavy atom. The van der Waals surface area contributed by atoms with Crippen molar-refractivity contribution >= 4 is 34.2 Å². The van der Waals surface area contributed by atoms with Gasteiger partial charge in [-0.2, -0.15) is 0 Å². The summed E-state index contributed by atoms with van der Waals surface area (Å²) in [5.74, 6) is 1.48. The number of aliphatic imine (C=N–C) groups is 1. The molecule has 9 nitrogen and oxygen atoms in total. The maximum Gasteiger partial charge on any atom is 0.175 e. The van der Waals surface area contributed by atoms with Crippen LogP contribution in [0.5, 0.6) is 0 Å². The molecule has 2 aliphatic rings. The van der Waals surface area contributed by atoms with Gasteiger partial charge in [-0.3, -0.25) is 10.3 Å². The summed E-state index contributed by atoms with van der Waals surface area (Å²) in [6.07, 6.45) is 9.67. The Hall–Kier alpha value is -3.43. The first-order valence-electron chi connectivity index (χ1n) is 12.8. The fourth-order valence-electron chi connectivity index (χ4n) is 4.84. The third kappa shape index (κ3) is 5.08. The van der Waals surface area contributed by atoms with Gasteiger partial charge in [0.2, 0.25) is 0 Å². The van der Waals surface area contributed by atoms with Crippen LogP contribution in [0, 0.1) is 5.41 Å². The largest absolute Gasteiger partial charge is 0.490 e. The predicted molar refractivity (Wildman–Crippen MR) is 146 cm³/mol. The van der Waals surface area contributed by atoms with Crippen molar-refractivity contribution in [2.45, 2.75) is 19.3 Å². The number of likely N-dealkylation sites (tertiary alicyclic amines) is 1. The molecule has 190 valence electrons. The van der Waals surface area contributed by atoms with Crippen LogP contribution in [0.1, 0.15) is 30.5 Å². The number of rotatable bonds is 9. The predicted octanol–water partition coefficient (Wildman–Crippen LogP) is 3.64. The van der Waals surface area contributed by atoms with E-state index >= 15 is 0 Å². The lowest BCUT2D eigenvalue weighted by Crippen LogP contribution is -2.32. The topological polar surface area (TPSA) is 86.2 Å². The van der Waals surface area contributed by atoms with Crippen LogP contribution in [0.15, 0.2) is 47.7 Å². The van der Waals surface area contributed by atoms with Gasteiger partial charge in [-0.25, -0.2) is 9.51 Å². The molecular weight excluding hydrogens is 452 g/mol. The van der Waals surface area contributed by atoms with Crippen molar-refractivity contribution in [3.05, 3.63) is 54.0 Å². The minimum Gasteiger partial charge on any atom is -0.490 e. The lowest BCUT2D eigenvalue weighted by atomic mass is 9.98. The van der Waals surface area contributed by atoms with Gasteiger partial charge in [0.25, 0.3) is 0 Å². The Balaban J connectivity index is 1.46. The standard InChI is InChI=1S/C27H36N8O/c1-32(2)16-11-29-27-25(22-9-5-8-14-35(22)31-27)30-21-19-23(26-20(24(21)28)10-15-33(26)3)36-18-17-34-12-6-4-7-13-34/h5,8-10,14-15,19,28H,4,6-7,11-13,16-18H2,1-3H3,(H,29,31)/b28-24?,30-21+. The molecule has 1 aliphatic heterocycles. The lowest BCUT2D eigenvalue weighted by molar-refractivity contribution is 0.169. The summed E-state index contributed by atoms with van der Waals surface area (Å²) in [7, 11) is 6.09. The molecule has 4 heterocycles. The molecule has 36 heavy (non-hydrogen) atoms. The molecule has 3 aromatic heterocycles. The molecule has 0 atom stereocenters. The van der Waals surface area contributed by atoms with E-state index in [0.717, 1.165) is 60.9 Å². The average Bonchev–Trinajstić information content (AvgIpc) is 3.43. The molecule has 0 saturated carbocycles. The number of aromatic nitrogens is 3. The quantitative estimate of drug-likeness (QED) is 0.480. The number of aryl methyl sites for hydroxylation is 1. The number of hydrogen-bond acceptors (Lipinski definition) is 7. The zero-order chi connectivity index (χ0) is 25.1. The van der Waals surface area contributed by atoms with Crippen molar-refractivity contribution in [1.82, 2.24) is 24.0 Å². The van der Waals surface area contributed by atoms with Crippen LogP contribution < -0.4 is 5.32 Å². The highest BCUT2D eigenvalue weighted by Gasteiger charge is 2.26. The SMILES string of the molecule is CN(C)CCNc1nn2ccccc2c1/N=C1\C=C(OCCN2CCCCC2)c2c(ccn2C)C1=N. The van der Waals surface area contributed by atoms with Crippen molar-refractivity contribution in [3.63, 3.8) is 0 Å². The van der Waals surface area contributed by atoms with Crippen molar-refractivity contribution < 1.29 is 4.74 Å². The van der Waals surface area contributed by atoms with Gasteiger partial charge in [-0.15, -0.1) is 5.10 Å². The number of ether oxygens (including phenoxy) is 1. The molecular formula is C27H36N8O. The van der Waals surface area contributed by atoms with Gasteiger partial charge in [-0.1, -0.05) is 12.5 Å². The molecule has 0 amide bonds. The van der Waals surface area contributed by atoms with Crippen LogP contribution >= 0.6 is 0 Å². The molecule has 1 aliphatic carbocycles. The monoisotopic (exact) mass is 488 g/mol. The molecule has 3 aromatic rings. The third-order valence-corrected chi connectivity index (χ3v) is 6.81. The summed E-state index contributed by atoms with van der Waals surface area (Å²) in [4.78, 5) is 9.59. The van der Waals surface area contributed by atoms with Crippen LogP contribution in [0.25, 0.3) is 11.3 Å². The van der Waals surface area contributed by atoms with E-state index in [0.29, 0.717) is 23.8 Å². The number of nitrogens with zero attached hydrogens (tertiary/aromatic N) is 6. The smallest absolute Gasteiger partial charge is 0.175 e. The van der Waals surface area contributed by atoms with E-state index in [1.807, 2.05) is 73.0 Å². The zero-order valence-corrected chi connectivity index (χ0v) is 21.5. The number of hydrogen-bond donors (Lipinski definition) is 2. The molecule has 0 radical (unpaired) electrons. The van der Waals surface area contributed by atoms with E-state index in [4.69, 9.17) is 20.2 Å². The number of likely N-dealkylation sites (N-methyl/N-ethyl adjacent to an activating group) is 1. The maximum atomic E-state index is 8.94. The summed E-state index contributed by atoms with van der Waals surface area (Å²) >= 11 is 0. The van der Waals surface area contributed by atoms with Gasteiger partial charge in [0, 0.05) is 50.7 Å². The molecule has 9 heteroatoms. The maximum absolute atomic E-state index is 8.94. The first-order valence-corrected chi connectivity index (χ1v) is 12.8. The van der Waals surface area contributed by atoms with Gasteiger partial charge in [0.15, 0.2) is 5.82 Å². The highest BCUT2D eigenvalue weighted by molar-refractivity contribution is 6.54. The fourth-order valence-corrected chi connectivity index (χ4v) is 4.84. The molecule has 0 bridgehead atoms. The first kappa shape index (κ1) is 24.3. The first-order chi connectivity index (χ1) is 17.5. The second kappa shape index (κ2) is 10.7. The Morgan fingerprint density at radius 1 is 1.14 bits per heavy atom. The summed E-state index contributed by atoms with van der Waals surface area (Å²) in [6, 6.07) is 7.91. The van der Waals surface area contributed by atoms with E-state index in [9.17, 15) is 0 Å². The summed E-state index contributed by atoms with van der Waals surface area (Å²) in [5, 5.41) is 17.1. The van der Waals surface area contributed by atoms with Crippen LogP contribution in [0.2, 0.25) is 0 Å². The van der Waals surface area contributed by atoms with Crippen molar-refractivity contribution in [1.29, 1.82) is 5.41 Å². The van der Waals surface area contributed by atoms with Crippen LogP contribution in [0.4, 0.5) is 11.5 Å². The lowest BCUT2D eigenvalue weighted by Gasteiger charge is -2.27. The Kier molecular flexibility index (Phi) is 7.20. The number of pyridine rings is 1. The van der Waals surface area contributed by atoms with Gasteiger partial charge in [0.05, 0.1) is 22.6 Å². The fraction of sp³-hybridized carbons (Fsp3) is 0.444. The normalized spacial score (nSPS) is 17.6. The molecule has 1 fully saturated rings. The molecule has 5 rings (SSSR count). The molecule has 0 spiro atoms. The van der Waals surface area contributed by atoms with E-state index in [1.54, 1.807) is 0 Å². The number of piperidine rings is 1. The van der Waals surface area contributed by atoms with Crippen molar-refractivity contribution in [2.75, 3.05) is 58.7 Å². The third-order valence-electron chi connectivity index (χ3n) is 6.81. The molecule has 1 saturated heterocycles. The van der Waals surface area contributed by atoms with Crippen LogP contribution in [-0.2, 0) is 11.8 Å². The second-order valence-corrected chi connectivity index (χ2v) is 9.78. The number of allylic oxidation sites excluding steroid dienone is 1. The van der Waals surface area contributed by atoms with E-state index < -0.39 is 0 Å². The van der Waals surface area contributed by atoms with Crippen molar-refractivity contribution in [2.24, 2.45) is 12.0 Å². The summed E-state index contributed by atoms with van der Waals surface area (Å²) < 4.78 is 10.2. The zero-order valence-electron chi connectivity index (χ0n) is 21.5. The minimum absolute atomic E-state index is 0.392. The number of nitrogens with one attached hydrogen (secondary N) is 2. The van der Waals surface area contributed by atoms with Crippen LogP contribution in [-0.4, -0.2) is 88.8 Å². The highest BCUT2D eigenvalue weighted by atomic mass is 16.5. The molecule has 0 unspecified atom stereocenters. The van der Waals surface area contributed by atoms with E-state index in [-0.39, 0.29) is 0 Å². The van der Waals surface area contributed by atoms with Gasteiger partial charge in [-0.05, 0) is 58.2 Å².